The van der Waals surface area contributed by atoms with Gasteiger partial charge >= 0.3 is 0 Å². The monoisotopic (exact) mass is 398 g/mol. The van der Waals surface area contributed by atoms with E-state index in [1.807, 2.05) is 24.3 Å². The topological polar surface area (TPSA) is 93.7 Å². The summed E-state index contributed by atoms with van der Waals surface area (Å²) in [5, 5.41) is 4.51. The van der Waals surface area contributed by atoms with Gasteiger partial charge in [0.1, 0.15) is 0 Å². The molecule has 0 atom stereocenters. The van der Waals surface area contributed by atoms with Gasteiger partial charge in [-0.25, -0.2) is 13.1 Å². The Labute approximate surface area is 162 Å². The summed E-state index contributed by atoms with van der Waals surface area (Å²) in [5.74, 6) is 0.885. The van der Waals surface area contributed by atoms with Gasteiger partial charge in [0, 0.05) is 24.7 Å². The molecule has 0 spiro atoms. The number of ether oxygens (including phenoxy) is 2. The minimum atomic E-state index is -3.69. The van der Waals surface area contributed by atoms with Crippen LogP contribution in [0.5, 0.6) is 11.5 Å². The van der Waals surface area contributed by atoms with E-state index in [0.29, 0.717) is 17.2 Å². The number of hydrogen-bond acceptors (Lipinski definition) is 5. The predicted octanol–water partition coefficient (Wildman–Crippen LogP) is 2.88. The van der Waals surface area contributed by atoms with Crippen LogP contribution in [-0.4, -0.2) is 27.7 Å². The number of nitrogens with one attached hydrogen (secondary N) is 2. The van der Waals surface area contributed by atoms with Gasteiger partial charge in [0.25, 0.3) is 0 Å². The second kappa shape index (κ2) is 7.49. The first-order valence-electron chi connectivity index (χ1n) is 8.69. The number of carbonyl (C=O) groups is 1. The van der Waals surface area contributed by atoms with Crippen LogP contribution in [-0.2, 0) is 14.8 Å². The number of carbonyl (C=O) groups excluding carboxylic acids is 1. The van der Waals surface area contributed by atoms with Crippen LogP contribution in [0.15, 0.2) is 65.6 Å². The molecule has 8 heteroatoms. The second-order valence-corrected chi connectivity index (χ2v) is 8.04. The molecule has 0 radical (unpaired) electrons. The Balaban J connectivity index is 1.34. The average Bonchev–Trinajstić information content (AvgIpc) is 3.15. The highest BCUT2D eigenvalue weighted by Gasteiger charge is 2.16. The fourth-order valence-corrected chi connectivity index (χ4v) is 3.98. The first-order chi connectivity index (χ1) is 13.5. The van der Waals surface area contributed by atoms with Crippen molar-refractivity contribution in [2.45, 2.75) is 11.3 Å². The van der Waals surface area contributed by atoms with Gasteiger partial charge < -0.3 is 14.8 Å². The largest absolute Gasteiger partial charge is 0.454 e. The molecule has 1 heterocycles. The minimum absolute atomic E-state index is 0.00124. The Morgan fingerprint density at radius 3 is 2.57 bits per heavy atom. The molecule has 2 N–H and O–H groups in total. The van der Waals surface area contributed by atoms with Crippen molar-refractivity contribution < 1.29 is 22.7 Å². The predicted molar refractivity (Wildman–Crippen MR) is 105 cm³/mol. The highest BCUT2D eigenvalue weighted by molar-refractivity contribution is 7.89. The molecule has 7 nitrogen and oxygen atoms in total. The molecule has 28 heavy (non-hydrogen) atoms. The van der Waals surface area contributed by atoms with Gasteiger partial charge in [-0.1, -0.05) is 30.3 Å². The van der Waals surface area contributed by atoms with E-state index in [1.165, 1.54) is 0 Å². The van der Waals surface area contributed by atoms with Crippen molar-refractivity contribution in [3.63, 3.8) is 0 Å². The zero-order valence-electron chi connectivity index (χ0n) is 14.8. The summed E-state index contributed by atoms with van der Waals surface area (Å²) >= 11 is 0. The third kappa shape index (κ3) is 3.92. The Morgan fingerprint density at radius 1 is 0.929 bits per heavy atom. The standard InChI is InChI=1S/C20H18N2O5S/c23-20(22-16-6-8-18-19(12-16)27-13-26-18)9-10-21-28(24,25)17-7-5-14-3-1-2-4-15(14)11-17/h1-8,11-12,21H,9-10,13H2,(H,22,23). The van der Waals surface area contributed by atoms with E-state index >= 15 is 0 Å². The summed E-state index contributed by atoms with van der Waals surface area (Å²) in [5.41, 5.74) is 0.562. The summed E-state index contributed by atoms with van der Waals surface area (Å²) in [6.45, 7) is 0.148. The van der Waals surface area contributed by atoms with Crippen LogP contribution >= 0.6 is 0 Å². The summed E-state index contributed by atoms with van der Waals surface area (Å²) in [6, 6.07) is 17.5. The van der Waals surface area contributed by atoms with E-state index in [0.717, 1.165) is 10.8 Å². The van der Waals surface area contributed by atoms with Crippen molar-refractivity contribution in [2.75, 3.05) is 18.7 Å². The second-order valence-electron chi connectivity index (χ2n) is 6.27. The molecule has 4 rings (SSSR count). The number of sulfonamides is 1. The van der Waals surface area contributed by atoms with E-state index < -0.39 is 10.0 Å². The Hall–Kier alpha value is -3.10. The fourth-order valence-electron chi connectivity index (χ4n) is 2.91. The number of fused-ring (bicyclic) bond motifs is 2. The summed E-state index contributed by atoms with van der Waals surface area (Å²) in [7, 11) is -3.69. The molecule has 1 aliphatic heterocycles. The average molecular weight is 398 g/mol. The Bertz CT molecular complexity index is 1140. The molecular weight excluding hydrogens is 380 g/mol. The van der Waals surface area contributed by atoms with Crippen LogP contribution in [0, 0.1) is 0 Å². The summed E-state index contributed by atoms with van der Waals surface area (Å²) in [4.78, 5) is 12.3. The van der Waals surface area contributed by atoms with Crippen LogP contribution in [0.1, 0.15) is 6.42 Å². The molecule has 0 saturated carbocycles. The Kier molecular flexibility index (Phi) is 4.89. The van der Waals surface area contributed by atoms with Crippen molar-refractivity contribution >= 4 is 32.4 Å². The zero-order valence-corrected chi connectivity index (χ0v) is 15.7. The molecule has 0 bridgehead atoms. The maximum Gasteiger partial charge on any atom is 0.240 e. The molecule has 0 unspecified atom stereocenters. The molecule has 0 saturated heterocycles. The third-order valence-corrected chi connectivity index (χ3v) is 5.79. The van der Waals surface area contributed by atoms with E-state index in [2.05, 4.69) is 10.0 Å². The lowest BCUT2D eigenvalue weighted by molar-refractivity contribution is -0.116. The van der Waals surface area contributed by atoms with Gasteiger partial charge in [-0.05, 0) is 35.0 Å². The number of hydrogen-bond donors (Lipinski definition) is 2. The highest BCUT2D eigenvalue weighted by atomic mass is 32.2. The number of benzene rings is 3. The van der Waals surface area contributed by atoms with Crippen LogP contribution < -0.4 is 19.5 Å². The van der Waals surface area contributed by atoms with E-state index in [9.17, 15) is 13.2 Å². The number of rotatable bonds is 6. The van der Waals surface area contributed by atoms with Gasteiger partial charge in [-0.3, -0.25) is 4.79 Å². The van der Waals surface area contributed by atoms with Crippen LogP contribution in [0.25, 0.3) is 10.8 Å². The van der Waals surface area contributed by atoms with Gasteiger partial charge in [-0.15, -0.1) is 0 Å². The molecule has 3 aromatic carbocycles. The number of anilines is 1. The van der Waals surface area contributed by atoms with Crippen molar-refractivity contribution in [3.8, 4) is 11.5 Å². The third-order valence-electron chi connectivity index (χ3n) is 4.33. The molecule has 144 valence electrons. The number of amides is 1. The Morgan fingerprint density at radius 2 is 1.71 bits per heavy atom. The molecule has 0 fully saturated rings. The highest BCUT2D eigenvalue weighted by Crippen LogP contribution is 2.34. The SMILES string of the molecule is O=C(CCNS(=O)(=O)c1ccc2ccccc2c1)Nc1ccc2c(c1)OCO2. The zero-order chi connectivity index (χ0) is 19.6. The lowest BCUT2D eigenvalue weighted by Gasteiger charge is -2.09. The maximum atomic E-state index is 12.5. The summed E-state index contributed by atoms with van der Waals surface area (Å²) in [6.07, 6.45) is 0.00124. The lowest BCUT2D eigenvalue weighted by Crippen LogP contribution is -2.27. The van der Waals surface area contributed by atoms with Crippen LogP contribution in [0.2, 0.25) is 0 Å². The smallest absolute Gasteiger partial charge is 0.240 e. The van der Waals surface area contributed by atoms with Crippen molar-refractivity contribution in [2.24, 2.45) is 0 Å². The molecule has 0 aromatic heterocycles. The molecule has 3 aromatic rings. The molecular formula is C20H18N2O5S. The van der Waals surface area contributed by atoms with E-state index in [-0.39, 0.29) is 30.6 Å². The lowest BCUT2D eigenvalue weighted by atomic mass is 10.1. The van der Waals surface area contributed by atoms with Crippen molar-refractivity contribution in [1.29, 1.82) is 0 Å². The van der Waals surface area contributed by atoms with E-state index in [4.69, 9.17) is 9.47 Å². The molecule has 0 aliphatic carbocycles. The first-order valence-corrected chi connectivity index (χ1v) is 10.2. The van der Waals surface area contributed by atoms with Gasteiger partial charge in [0.2, 0.25) is 22.7 Å². The van der Waals surface area contributed by atoms with E-state index in [1.54, 1.807) is 36.4 Å². The van der Waals surface area contributed by atoms with Crippen LogP contribution in [0.3, 0.4) is 0 Å². The van der Waals surface area contributed by atoms with Crippen molar-refractivity contribution in [1.82, 2.24) is 4.72 Å². The van der Waals surface area contributed by atoms with Gasteiger partial charge in [0.05, 0.1) is 4.90 Å². The summed E-state index contributed by atoms with van der Waals surface area (Å²) < 4.78 is 37.9. The first kappa shape index (κ1) is 18.3. The fraction of sp³-hybridized carbons (Fsp3) is 0.150. The van der Waals surface area contributed by atoms with Gasteiger partial charge in [-0.2, -0.15) is 0 Å². The van der Waals surface area contributed by atoms with Crippen LogP contribution in [0.4, 0.5) is 5.69 Å². The normalized spacial score (nSPS) is 12.9. The molecule has 1 amide bonds. The van der Waals surface area contributed by atoms with Gasteiger partial charge in [0.15, 0.2) is 11.5 Å². The quantitative estimate of drug-likeness (QED) is 0.666. The maximum absolute atomic E-state index is 12.5. The van der Waals surface area contributed by atoms with Crippen molar-refractivity contribution in [3.05, 3.63) is 60.7 Å². The molecule has 1 aliphatic rings. The minimum Gasteiger partial charge on any atom is -0.454 e.